The van der Waals surface area contributed by atoms with Gasteiger partial charge in [0.1, 0.15) is 6.61 Å². The molecule has 0 saturated carbocycles. The first-order valence-electron chi connectivity index (χ1n) is 11.2. The first-order chi connectivity index (χ1) is 12.8. The molecule has 0 amide bonds. The molecule has 3 heteroatoms. The van der Waals surface area contributed by atoms with Crippen LogP contribution < -0.4 is 0 Å². The van der Waals surface area contributed by atoms with E-state index in [-0.39, 0.29) is 5.97 Å². The SMILES string of the molecule is CCCCCCCCCCCCCCCC/C=C/CCC(=O)OCCS. The summed E-state index contributed by atoms with van der Waals surface area (Å²) in [6.07, 6.45) is 26.4. The Hall–Kier alpha value is -0.440. The summed E-state index contributed by atoms with van der Waals surface area (Å²) in [5, 5.41) is 0. The van der Waals surface area contributed by atoms with Crippen molar-refractivity contribution in [3.05, 3.63) is 12.2 Å². The van der Waals surface area contributed by atoms with E-state index in [2.05, 4.69) is 31.7 Å². The number of unbranched alkanes of at least 4 members (excludes halogenated alkanes) is 14. The molecule has 0 aromatic heterocycles. The van der Waals surface area contributed by atoms with Gasteiger partial charge in [-0.1, -0.05) is 103 Å². The molecule has 0 atom stereocenters. The van der Waals surface area contributed by atoms with Gasteiger partial charge in [0.05, 0.1) is 0 Å². The Morgan fingerprint density at radius 3 is 1.69 bits per heavy atom. The van der Waals surface area contributed by atoms with Gasteiger partial charge >= 0.3 is 5.97 Å². The highest BCUT2D eigenvalue weighted by Gasteiger charge is 1.99. The van der Waals surface area contributed by atoms with Crippen LogP contribution >= 0.6 is 12.6 Å². The molecular weight excluding hydrogens is 340 g/mol. The predicted octanol–water partition coefficient (Wildman–Crippen LogP) is 7.67. The Bertz CT molecular complexity index is 315. The maximum absolute atomic E-state index is 11.3. The molecule has 0 aliphatic rings. The summed E-state index contributed by atoms with van der Waals surface area (Å²) in [4.78, 5) is 11.3. The second-order valence-electron chi connectivity index (χ2n) is 7.34. The minimum atomic E-state index is -0.111. The topological polar surface area (TPSA) is 26.3 Å². The number of allylic oxidation sites excluding steroid dienone is 2. The minimum Gasteiger partial charge on any atom is -0.465 e. The van der Waals surface area contributed by atoms with Crippen molar-refractivity contribution in [2.75, 3.05) is 12.4 Å². The maximum Gasteiger partial charge on any atom is 0.306 e. The van der Waals surface area contributed by atoms with Crippen LogP contribution in [0.25, 0.3) is 0 Å². The molecule has 0 aromatic carbocycles. The average molecular weight is 385 g/mol. The van der Waals surface area contributed by atoms with Gasteiger partial charge in [-0.05, 0) is 19.3 Å². The van der Waals surface area contributed by atoms with E-state index in [1.165, 1.54) is 89.9 Å². The van der Waals surface area contributed by atoms with Crippen LogP contribution in [0.4, 0.5) is 0 Å². The van der Waals surface area contributed by atoms with Crippen LogP contribution in [-0.2, 0) is 9.53 Å². The maximum atomic E-state index is 11.3. The van der Waals surface area contributed by atoms with Gasteiger partial charge in [0, 0.05) is 12.2 Å². The normalized spacial score (nSPS) is 11.3. The van der Waals surface area contributed by atoms with Crippen molar-refractivity contribution < 1.29 is 9.53 Å². The van der Waals surface area contributed by atoms with Gasteiger partial charge in [-0.25, -0.2) is 0 Å². The summed E-state index contributed by atoms with van der Waals surface area (Å²) in [5.74, 6) is 0.487. The first kappa shape index (κ1) is 25.6. The molecule has 26 heavy (non-hydrogen) atoms. The minimum absolute atomic E-state index is 0.111. The standard InChI is InChI=1S/C23H44O2S/c1-2-3-4-5-6-7-8-9-10-11-12-13-14-15-16-17-18-19-20-23(24)25-21-22-26/h17-18,26H,2-16,19-22H2,1H3/b18-17+. The van der Waals surface area contributed by atoms with Crippen LogP contribution in [0, 0.1) is 0 Å². The lowest BCUT2D eigenvalue weighted by molar-refractivity contribution is -0.142. The summed E-state index contributed by atoms with van der Waals surface area (Å²) in [6, 6.07) is 0. The number of carbonyl (C=O) groups excluding carboxylic acids is 1. The van der Waals surface area contributed by atoms with E-state index in [0.717, 1.165) is 12.8 Å². The van der Waals surface area contributed by atoms with E-state index in [9.17, 15) is 4.79 Å². The number of hydrogen-bond donors (Lipinski definition) is 1. The summed E-state index contributed by atoms with van der Waals surface area (Å²) in [5.41, 5.74) is 0. The number of rotatable bonds is 20. The first-order valence-corrected chi connectivity index (χ1v) is 11.9. The van der Waals surface area contributed by atoms with E-state index in [4.69, 9.17) is 4.74 Å². The summed E-state index contributed by atoms with van der Waals surface area (Å²) in [7, 11) is 0. The Morgan fingerprint density at radius 2 is 1.19 bits per heavy atom. The molecule has 0 heterocycles. The van der Waals surface area contributed by atoms with Crippen LogP contribution in [0.15, 0.2) is 12.2 Å². The quantitative estimate of drug-likeness (QED) is 0.101. The Balaban J connectivity index is 3.13. The van der Waals surface area contributed by atoms with Crippen LogP contribution in [0.3, 0.4) is 0 Å². The highest BCUT2D eigenvalue weighted by Crippen LogP contribution is 2.13. The second-order valence-corrected chi connectivity index (χ2v) is 7.79. The Morgan fingerprint density at radius 1 is 0.731 bits per heavy atom. The highest BCUT2D eigenvalue weighted by molar-refractivity contribution is 7.80. The van der Waals surface area contributed by atoms with Gasteiger partial charge in [-0.3, -0.25) is 4.79 Å². The van der Waals surface area contributed by atoms with Gasteiger partial charge in [0.2, 0.25) is 0 Å². The van der Waals surface area contributed by atoms with Gasteiger partial charge in [-0.15, -0.1) is 0 Å². The molecule has 0 unspecified atom stereocenters. The number of esters is 1. The van der Waals surface area contributed by atoms with E-state index in [0.29, 0.717) is 18.8 Å². The molecule has 0 fully saturated rings. The number of ether oxygens (including phenoxy) is 1. The van der Waals surface area contributed by atoms with Crippen molar-refractivity contribution in [3.63, 3.8) is 0 Å². The van der Waals surface area contributed by atoms with Gasteiger partial charge in [0.15, 0.2) is 0 Å². The highest BCUT2D eigenvalue weighted by atomic mass is 32.1. The molecule has 0 radical (unpaired) electrons. The van der Waals surface area contributed by atoms with E-state index >= 15 is 0 Å². The van der Waals surface area contributed by atoms with Gasteiger partial charge in [-0.2, -0.15) is 12.6 Å². The smallest absolute Gasteiger partial charge is 0.306 e. The average Bonchev–Trinajstić information content (AvgIpc) is 2.65. The second kappa shape index (κ2) is 22.6. The summed E-state index contributed by atoms with van der Waals surface area (Å²) in [6.45, 7) is 2.70. The molecule has 0 aliphatic carbocycles. The molecule has 2 nitrogen and oxygen atoms in total. The predicted molar refractivity (Wildman–Crippen MR) is 118 cm³/mol. The molecule has 0 aromatic rings. The fourth-order valence-corrected chi connectivity index (χ4v) is 3.22. The van der Waals surface area contributed by atoms with E-state index < -0.39 is 0 Å². The van der Waals surface area contributed by atoms with E-state index in [1.807, 2.05) is 0 Å². The molecule has 0 saturated heterocycles. The fraction of sp³-hybridized carbons (Fsp3) is 0.870. The molecule has 0 aliphatic heterocycles. The molecule has 0 rings (SSSR count). The monoisotopic (exact) mass is 384 g/mol. The zero-order chi connectivity index (χ0) is 19.1. The number of carbonyl (C=O) groups is 1. The lowest BCUT2D eigenvalue weighted by Crippen LogP contribution is -2.05. The third-order valence-electron chi connectivity index (χ3n) is 4.76. The molecular formula is C23H44O2S. The van der Waals surface area contributed by atoms with Gasteiger partial charge < -0.3 is 4.74 Å². The van der Waals surface area contributed by atoms with E-state index in [1.54, 1.807) is 0 Å². The zero-order valence-corrected chi connectivity index (χ0v) is 18.2. The van der Waals surface area contributed by atoms with Crippen LogP contribution in [0.1, 0.15) is 116 Å². The van der Waals surface area contributed by atoms with Crippen molar-refractivity contribution >= 4 is 18.6 Å². The zero-order valence-electron chi connectivity index (χ0n) is 17.4. The Labute approximate surface area is 169 Å². The molecule has 0 N–H and O–H groups in total. The third-order valence-corrected chi connectivity index (χ3v) is 4.94. The lowest BCUT2D eigenvalue weighted by atomic mass is 10.0. The van der Waals surface area contributed by atoms with Crippen molar-refractivity contribution in [2.24, 2.45) is 0 Å². The van der Waals surface area contributed by atoms with Crippen molar-refractivity contribution in [3.8, 4) is 0 Å². The molecule has 0 spiro atoms. The lowest BCUT2D eigenvalue weighted by Gasteiger charge is -2.03. The molecule has 0 bridgehead atoms. The number of thiol groups is 1. The third kappa shape index (κ3) is 21.6. The van der Waals surface area contributed by atoms with Gasteiger partial charge in [0.25, 0.3) is 0 Å². The van der Waals surface area contributed by atoms with Crippen LogP contribution in [0.5, 0.6) is 0 Å². The summed E-state index contributed by atoms with van der Waals surface area (Å²) < 4.78 is 4.98. The molecule has 154 valence electrons. The van der Waals surface area contributed by atoms with Crippen LogP contribution in [-0.4, -0.2) is 18.3 Å². The largest absolute Gasteiger partial charge is 0.465 e. The fourth-order valence-electron chi connectivity index (χ4n) is 3.13. The van der Waals surface area contributed by atoms with Crippen molar-refractivity contribution in [1.82, 2.24) is 0 Å². The van der Waals surface area contributed by atoms with Crippen molar-refractivity contribution in [1.29, 1.82) is 0 Å². The summed E-state index contributed by atoms with van der Waals surface area (Å²) >= 11 is 4.01. The van der Waals surface area contributed by atoms with Crippen molar-refractivity contribution in [2.45, 2.75) is 116 Å². The number of hydrogen-bond acceptors (Lipinski definition) is 3. The Kier molecular flexibility index (Phi) is 22.2. The van der Waals surface area contributed by atoms with Crippen LogP contribution in [0.2, 0.25) is 0 Å².